The van der Waals surface area contributed by atoms with Crippen molar-refractivity contribution in [3.05, 3.63) is 29.8 Å². The van der Waals surface area contributed by atoms with Crippen LogP contribution in [-0.2, 0) is 5.67 Å². The molecule has 0 bridgehead atoms. The average Bonchev–Trinajstić information content (AvgIpc) is 2.30. The van der Waals surface area contributed by atoms with E-state index in [0.29, 0.717) is 12.8 Å². The van der Waals surface area contributed by atoms with Crippen molar-refractivity contribution in [2.45, 2.75) is 18.5 Å². The molecule has 0 spiro atoms. The van der Waals surface area contributed by atoms with Gasteiger partial charge in [0.05, 0.1) is 7.11 Å². The topological polar surface area (TPSA) is 21.3 Å². The van der Waals surface area contributed by atoms with E-state index < -0.39 is 5.67 Å². The van der Waals surface area contributed by atoms with E-state index in [9.17, 15) is 4.39 Å². The highest BCUT2D eigenvalue weighted by Gasteiger charge is 2.33. The van der Waals surface area contributed by atoms with Gasteiger partial charge in [-0.3, -0.25) is 0 Å². The molecule has 2 nitrogen and oxygen atoms in total. The number of benzene rings is 1. The average molecular weight is 209 g/mol. The van der Waals surface area contributed by atoms with E-state index in [1.807, 2.05) is 24.3 Å². The van der Waals surface area contributed by atoms with Crippen molar-refractivity contribution in [3.63, 3.8) is 0 Å². The molecule has 0 amide bonds. The molecule has 0 saturated carbocycles. The molecule has 1 saturated heterocycles. The monoisotopic (exact) mass is 209 g/mol. The zero-order chi connectivity index (χ0) is 10.7. The molecule has 1 aromatic carbocycles. The van der Waals surface area contributed by atoms with Crippen LogP contribution in [0.2, 0.25) is 0 Å². The number of nitrogens with one attached hydrogen (secondary N) is 1. The molecule has 0 aliphatic carbocycles. The van der Waals surface area contributed by atoms with Crippen LogP contribution in [0, 0.1) is 0 Å². The third-order valence-corrected chi connectivity index (χ3v) is 3.00. The molecule has 2 rings (SSSR count). The first kappa shape index (κ1) is 10.4. The first-order chi connectivity index (χ1) is 7.24. The van der Waals surface area contributed by atoms with Crippen LogP contribution in [0.25, 0.3) is 0 Å². The molecular weight excluding hydrogens is 193 g/mol. The molecule has 1 N–H and O–H groups in total. The summed E-state index contributed by atoms with van der Waals surface area (Å²) in [6.45, 7) is 1.51. The Morgan fingerprint density at radius 2 is 1.80 bits per heavy atom. The predicted octanol–water partition coefficient (Wildman–Crippen LogP) is 2.24. The lowest BCUT2D eigenvalue weighted by molar-refractivity contribution is 0.115. The molecule has 0 aromatic heterocycles. The molecule has 15 heavy (non-hydrogen) atoms. The van der Waals surface area contributed by atoms with Crippen LogP contribution in [0.4, 0.5) is 4.39 Å². The van der Waals surface area contributed by atoms with E-state index in [1.54, 1.807) is 7.11 Å². The zero-order valence-electron chi connectivity index (χ0n) is 8.92. The number of ether oxygens (including phenoxy) is 1. The number of hydrogen-bond donors (Lipinski definition) is 1. The highest BCUT2D eigenvalue weighted by molar-refractivity contribution is 5.31. The lowest BCUT2D eigenvalue weighted by Crippen LogP contribution is -2.36. The fourth-order valence-corrected chi connectivity index (χ4v) is 2.00. The third kappa shape index (κ3) is 2.12. The number of alkyl halides is 1. The van der Waals surface area contributed by atoms with Crippen molar-refractivity contribution in [1.29, 1.82) is 0 Å². The Morgan fingerprint density at radius 1 is 1.20 bits per heavy atom. The van der Waals surface area contributed by atoms with Crippen LogP contribution < -0.4 is 10.1 Å². The summed E-state index contributed by atoms with van der Waals surface area (Å²) >= 11 is 0. The van der Waals surface area contributed by atoms with E-state index >= 15 is 0 Å². The normalized spacial score (nSPS) is 19.9. The number of methoxy groups -OCH3 is 1. The van der Waals surface area contributed by atoms with Gasteiger partial charge < -0.3 is 10.1 Å². The molecule has 1 aliphatic heterocycles. The maximum absolute atomic E-state index is 14.5. The van der Waals surface area contributed by atoms with Crippen molar-refractivity contribution in [2.24, 2.45) is 0 Å². The Labute approximate surface area is 89.4 Å². The van der Waals surface area contributed by atoms with Crippen LogP contribution in [0.5, 0.6) is 5.75 Å². The third-order valence-electron chi connectivity index (χ3n) is 3.00. The van der Waals surface area contributed by atoms with Crippen molar-refractivity contribution in [2.75, 3.05) is 20.2 Å². The maximum atomic E-state index is 14.5. The Balaban J connectivity index is 2.20. The number of hydrogen-bond acceptors (Lipinski definition) is 2. The minimum Gasteiger partial charge on any atom is -0.497 e. The van der Waals surface area contributed by atoms with Gasteiger partial charge in [0.25, 0.3) is 0 Å². The second-order valence-corrected chi connectivity index (χ2v) is 3.94. The Morgan fingerprint density at radius 3 is 2.33 bits per heavy atom. The summed E-state index contributed by atoms with van der Waals surface area (Å²) in [6, 6.07) is 7.28. The molecule has 1 aromatic rings. The quantitative estimate of drug-likeness (QED) is 0.806. The molecule has 3 heteroatoms. The van der Waals surface area contributed by atoms with Crippen molar-refractivity contribution in [3.8, 4) is 5.75 Å². The van der Waals surface area contributed by atoms with Crippen LogP contribution in [0.15, 0.2) is 24.3 Å². The predicted molar refractivity (Wildman–Crippen MR) is 57.9 cm³/mol. The smallest absolute Gasteiger partial charge is 0.138 e. The van der Waals surface area contributed by atoms with Gasteiger partial charge in [0.1, 0.15) is 11.4 Å². The minimum atomic E-state index is -1.16. The lowest BCUT2D eigenvalue weighted by Gasteiger charge is -2.30. The molecule has 1 heterocycles. The van der Waals surface area contributed by atoms with Crippen molar-refractivity contribution in [1.82, 2.24) is 5.32 Å². The first-order valence-electron chi connectivity index (χ1n) is 5.29. The van der Waals surface area contributed by atoms with Gasteiger partial charge in [-0.2, -0.15) is 0 Å². The molecule has 0 atom stereocenters. The standard InChI is InChI=1S/C12H16FNO/c1-15-11-4-2-10(3-5-11)12(13)6-8-14-9-7-12/h2-5,14H,6-9H2,1H3. The van der Waals surface area contributed by atoms with Crippen LogP contribution >= 0.6 is 0 Å². The van der Waals surface area contributed by atoms with Gasteiger partial charge in [-0.1, -0.05) is 12.1 Å². The van der Waals surface area contributed by atoms with Gasteiger partial charge in [-0.25, -0.2) is 4.39 Å². The number of halogens is 1. The van der Waals surface area contributed by atoms with Gasteiger partial charge in [-0.15, -0.1) is 0 Å². The van der Waals surface area contributed by atoms with Gasteiger partial charge >= 0.3 is 0 Å². The molecule has 0 unspecified atom stereocenters. The Bertz CT molecular complexity index is 317. The van der Waals surface area contributed by atoms with Crippen LogP contribution in [0.1, 0.15) is 18.4 Å². The first-order valence-corrected chi connectivity index (χ1v) is 5.29. The SMILES string of the molecule is COc1ccc(C2(F)CCNCC2)cc1. The van der Waals surface area contributed by atoms with Gasteiger partial charge in [0.15, 0.2) is 0 Å². The molecule has 1 aliphatic rings. The van der Waals surface area contributed by atoms with E-state index in [0.717, 1.165) is 24.4 Å². The van der Waals surface area contributed by atoms with Gasteiger partial charge in [0.2, 0.25) is 0 Å². The fraction of sp³-hybridized carbons (Fsp3) is 0.500. The highest BCUT2D eigenvalue weighted by atomic mass is 19.1. The molecule has 82 valence electrons. The van der Waals surface area contributed by atoms with E-state index in [-0.39, 0.29) is 0 Å². The van der Waals surface area contributed by atoms with E-state index in [4.69, 9.17) is 4.74 Å². The summed E-state index contributed by atoms with van der Waals surface area (Å²) in [5.74, 6) is 0.774. The Kier molecular flexibility index (Phi) is 2.91. The summed E-state index contributed by atoms with van der Waals surface area (Å²) in [7, 11) is 1.62. The Hall–Kier alpha value is -1.09. The summed E-state index contributed by atoms with van der Waals surface area (Å²) in [5.41, 5.74) is -0.387. The van der Waals surface area contributed by atoms with E-state index in [2.05, 4.69) is 5.32 Å². The maximum Gasteiger partial charge on any atom is 0.138 e. The summed E-state index contributed by atoms with van der Waals surface area (Å²) in [5, 5.41) is 3.17. The second kappa shape index (κ2) is 4.19. The molecule has 0 radical (unpaired) electrons. The van der Waals surface area contributed by atoms with Gasteiger partial charge in [-0.05, 0) is 43.6 Å². The summed E-state index contributed by atoms with van der Waals surface area (Å²) in [6.07, 6.45) is 1.11. The fourth-order valence-electron chi connectivity index (χ4n) is 2.00. The summed E-state index contributed by atoms with van der Waals surface area (Å²) < 4.78 is 19.5. The largest absolute Gasteiger partial charge is 0.497 e. The van der Waals surface area contributed by atoms with E-state index in [1.165, 1.54) is 0 Å². The number of piperidine rings is 1. The number of rotatable bonds is 2. The van der Waals surface area contributed by atoms with Crippen molar-refractivity contribution >= 4 is 0 Å². The highest BCUT2D eigenvalue weighted by Crippen LogP contribution is 2.35. The summed E-state index contributed by atoms with van der Waals surface area (Å²) in [4.78, 5) is 0. The zero-order valence-corrected chi connectivity index (χ0v) is 8.92. The second-order valence-electron chi connectivity index (χ2n) is 3.94. The van der Waals surface area contributed by atoms with Crippen molar-refractivity contribution < 1.29 is 9.13 Å². The lowest BCUT2D eigenvalue weighted by atomic mass is 9.87. The van der Waals surface area contributed by atoms with Crippen LogP contribution in [-0.4, -0.2) is 20.2 Å². The van der Waals surface area contributed by atoms with Crippen LogP contribution in [0.3, 0.4) is 0 Å². The van der Waals surface area contributed by atoms with Gasteiger partial charge in [0, 0.05) is 0 Å². The molecular formula is C12H16FNO. The molecule has 1 fully saturated rings. The minimum absolute atomic E-state index is 0.555.